The van der Waals surface area contributed by atoms with Gasteiger partial charge in [0, 0.05) is 16.1 Å². The smallest absolute Gasteiger partial charge is 0.255 e. The number of methoxy groups -OCH3 is 2. The normalized spacial score (nSPS) is 10.6. The lowest BCUT2D eigenvalue weighted by Gasteiger charge is -2.11. The highest BCUT2D eigenvalue weighted by atomic mass is 35.5. The van der Waals surface area contributed by atoms with Crippen molar-refractivity contribution in [1.29, 1.82) is 0 Å². The Balaban J connectivity index is 1.96. The maximum Gasteiger partial charge on any atom is 0.255 e. The second-order valence-electron chi connectivity index (χ2n) is 6.21. The van der Waals surface area contributed by atoms with E-state index < -0.39 is 0 Å². The molecule has 1 aromatic heterocycles. The van der Waals surface area contributed by atoms with Gasteiger partial charge in [0.05, 0.1) is 25.6 Å². The molecule has 0 atom stereocenters. The van der Waals surface area contributed by atoms with E-state index in [1.165, 1.54) is 7.11 Å². The van der Waals surface area contributed by atoms with Crippen LogP contribution in [0.15, 0.2) is 42.5 Å². The van der Waals surface area contributed by atoms with Gasteiger partial charge in [-0.25, -0.2) is 0 Å². The number of H-pyrrole nitrogens is 1. The number of nitrogens with zero attached hydrogens (tertiary/aromatic N) is 1. The Kier molecular flexibility index (Phi) is 6.21. The van der Waals surface area contributed by atoms with Gasteiger partial charge in [0.15, 0.2) is 11.5 Å². The molecule has 2 aromatic carbocycles. The molecule has 0 radical (unpaired) electrons. The summed E-state index contributed by atoms with van der Waals surface area (Å²) in [5, 5.41) is 11.1. The molecule has 0 aliphatic carbocycles. The Hall–Kier alpha value is -2.99. The third kappa shape index (κ3) is 4.12. The summed E-state index contributed by atoms with van der Waals surface area (Å²) in [4.78, 5) is 12.9. The molecule has 3 aromatic rings. The van der Waals surface area contributed by atoms with E-state index in [4.69, 9.17) is 21.1 Å². The highest BCUT2D eigenvalue weighted by molar-refractivity contribution is 6.30. The monoisotopic (exact) mass is 399 g/mol. The maximum absolute atomic E-state index is 12.9. The van der Waals surface area contributed by atoms with Crippen LogP contribution in [0.4, 0.5) is 5.69 Å². The Bertz CT molecular complexity index is 985. The first-order valence-corrected chi connectivity index (χ1v) is 9.31. The SMILES string of the molecule is CCCc1[nH]nc(-c2cccc(Cl)c2)c1NC(=O)c1ccc(OC)c(OC)c1. The van der Waals surface area contributed by atoms with E-state index in [1.54, 1.807) is 31.4 Å². The maximum atomic E-state index is 12.9. The van der Waals surface area contributed by atoms with Crippen molar-refractivity contribution in [3.8, 4) is 22.8 Å². The summed E-state index contributed by atoms with van der Waals surface area (Å²) in [5.41, 5.74) is 3.46. The molecule has 3 rings (SSSR count). The Morgan fingerprint density at radius 3 is 2.61 bits per heavy atom. The van der Waals surface area contributed by atoms with E-state index in [9.17, 15) is 4.79 Å². The van der Waals surface area contributed by atoms with Gasteiger partial charge in [-0.3, -0.25) is 9.89 Å². The molecule has 0 aliphatic rings. The van der Waals surface area contributed by atoms with Gasteiger partial charge in [-0.2, -0.15) is 5.10 Å². The van der Waals surface area contributed by atoms with Gasteiger partial charge >= 0.3 is 0 Å². The van der Waals surface area contributed by atoms with E-state index in [0.717, 1.165) is 24.1 Å². The third-order valence-electron chi connectivity index (χ3n) is 4.32. The number of aromatic amines is 1. The molecule has 6 nitrogen and oxygen atoms in total. The van der Waals surface area contributed by atoms with Crippen LogP contribution in [0.5, 0.6) is 11.5 Å². The molecular formula is C21H22ClN3O3. The van der Waals surface area contributed by atoms with Gasteiger partial charge in [-0.1, -0.05) is 37.1 Å². The van der Waals surface area contributed by atoms with Crippen molar-refractivity contribution < 1.29 is 14.3 Å². The zero-order chi connectivity index (χ0) is 20.1. The third-order valence-corrected chi connectivity index (χ3v) is 4.56. The summed E-state index contributed by atoms with van der Waals surface area (Å²) in [6.45, 7) is 2.07. The van der Waals surface area contributed by atoms with Crippen LogP contribution in [0.25, 0.3) is 11.3 Å². The van der Waals surface area contributed by atoms with Crippen molar-refractivity contribution in [2.75, 3.05) is 19.5 Å². The average Bonchev–Trinajstić information content (AvgIpc) is 3.10. The number of halogens is 1. The fourth-order valence-corrected chi connectivity index (χ4v) is 3.14. The minimum Gasteiger partial charge on any atom is -0.493 e. The molecule has 146 valence electrons. The number of carbonyl (C=O) groups is 1. The summed E-state index contributed by atoms with van der Waals surface area (Å²) >= 11 is 6.13. The molecule has 7 heteroatoms. The van der Waals surface area contributed by atoms with E-state index in [1.807, 2.05) is 18.2 Å². The van der Waals surface area contributed by atoms with Gasteiger partial charge in [0.25, 0.3) is 5.91 Å². The van der Waals surface area contributed by atoms with Crippen molar-refractivity contribution in [2.24, 2.45) is 0 Å². The lowest BCUT2D eigenvalue weighted by atomic mass is 10.1. The van der Waals surface area contributed by atoms with E-state index in [2.05, 4.69) is 22.4 Å². The lowest BCUT2D eigenvalue weighted by Crippen LogP contribution is -2.13. The average molecular weight is 400 g/mol. The first-order valence-electron chi connectivity index (χ1n) is 8.94. The summed E-state index contributed by atoms with van der Waals surface area (Å²) < 4.78 is 10.5. The predicted octanol–water partition coefficient (Wildman–Crippen LogP) is 4.95. The minimum absolute atomic E-state index is 0.261. The van der Waals surface area contributed by atoms with Crippen molar-refractivity contribution in [3.05, 3.63) is 58.7 Å². The largest absolute Gasteiger partial charge is 0.493 e. The van der Waals surface area contributed by atoms with Crippen molar-refractivity contribution in [3.63, 3.8) is 0 Å². The quantitative estimate of drug-likeness (QED) is 0.589. The number of aromatic nitrogens is 2. The standard InChI is InChI=1S/C21H22ClN3O3/c1-4-6-16-20(19(25-24-16)13-7-5-8-15(22)11-13)23-21(26)14-9-10-17(27-2)18(12-14)28-3/h5,7-12H,4,6H2,1-3H3,(H,23,26)(H,24,25). The number of anilines is 1. The molecule has 0 fully saturated rings. The fourth-order valence-electron chi connectivity index (χ4n) is 2.95. The number of ether oxygens (including phenoxy) is 2. The second kappa shape index (κ2) is 8.80. The van der Waals surface area contributed by atoms with Crippen LogP contribution < -0.4 is 14.8 Å². The number of rotatable bonds is 7. The molecule has 0 saturated heterocycles. The van der Waals surface area contributed by atoms with Gasteiger partial charge in [0.2, 0.25) is 0 Å². The molecule has 1 heterocycles. The van der Waals surface area contributed by atoms with Crippen molar-refractivity contribution in [1.82, 2.24) is 10.2 Å². The number of carbonyl (C=O) groups excluding carboxylic acids is 1. The summed E-state index contributed by atoms with van der Waals surface area (Å²) in [5.74, 6) is 0.794. The summed E-state index contributed by atoms with van der Waals surface area (Å²) in [6, 6.07) is 12.4. The van der Waals surface area contributed by atoms with Gasteiger partial charge in [-0.05, 0) is 36.8 Å². The van der Waals surface area contributed by atoms with Crippen LogP contribution in [-0.2, 0) is 6.42 Å². The zero-order valence-electron chi connectivity index (χ0n) is 16.0. The summed E-state index contributed by atoms with van der Waals surface area (Å²) in [6.07, 6.45) is 1.67. The molecular weight excluding hydrogens is 378 g/mol. The molecule has 0 unspecified atom stereocenters. The molecule has 0 saturated carbocycles. The molecule has 0 aliphatic heterocycles. The van der Waals surface area contributed by atoms with Crippen molar-refractivity contribution >= 4 is 23.2 Å². The van der Waals surface area contributed by atoms with E-state index in [0.29, 0.717) is 33.5 Å². The number of benzene rings is 2. The van der Waals surface area contributed by atoms with Gasteiger partial charge < -0.3 is 14.8 Å². The first-order chi connectivity index (χ1) is 13.6. The van der Waals surface area contributed by atoms with Crippen LogP contribution in [0.3, 0.4) is 0 Å². The molecule has 28 heavy (non-hydrogen) atoms. The number of aryl methyl sites for hydroxylation is 1. The predicted molar refractivity (Wildman–Crippen MR) is 111 cm³/mol. The van der Waals surface area contributed by atoms with E-state index in [-0.39, 0.29) is 5.91 Å². The van der Waals surface area contributed by atoms with Crippen LogP contribution >= 0.6 is 11.6 Å². The van der Waals surface area contributed by atoms with Gasteiger partial charge in [-0.15, -0.1) is 0 Å². The number of hydrogen-bond donors (Lipinski definition) is 2. The fraction of sp³-hybridized carbons (Fsp3) is 0.238. The number of nitrogens with one attached hydrogen (secondary N) is 2. The molecule has 1 amide bonds. The number of amides is 1. The first kappa shape index (κ1) is 19.8. The van der Waals surface area contributed by atoms with Gasteiger partial charge in [0.1, 0.15) is 5.69 Å². The number of hydrogen-bond acceptors (Lipinski definition) is 4. The second-order valence-corrected chi connectivity index (χ2v) is 6.65. The lowest BCUT2D eigenvalue weighted by molar-refractivity contribution is 0.102. The Labute approximate surface area is 168 Å². The van der Waals surface area contributed by atoms with Crippen LogP contribution in [0.1, 0.15) is 29.4 Å². The Morgan fingerprint density at radius 2 is 1.93 bits per heavy atom. The minimum atomic E-state index is -0.261. The molecule has 0 spiro atoms. The summed E-state index contributed by atoms with van der Waals surface area (Å²) in [7, 11) is 3.09. The van der Waals surface area contributed by atoms with E-state index >= 15 is 0 Å². The molecule has 2 N–H and O–H groups in total. The van der Waals surface area contributed by atoms with Crippen LogP contribution in [0, 0.1) is 0 Å². The van der Waals surface area contributed by atoms with Crippen LogP contribution in [0.2, 0.25) is 5.02 Å². The van der Waals surface area contributed by atoms with Crippen molar-refractivity contribution in [2.45, 2.75) is 19.8 Å². The topological polar surface area (TPSA) is 76.2 Å². The highest BCUT2D eigenvalue weighted by Crippen LogP contribution is 2.32. The molecule has 0 bridgehead atoms. The zero-order valence-corrected chi connectivity index (χ0v) is 16.8. The Morgan fingerprint density at radius 1 is 1.14 bits per heavy atom. The van der Waals surface area contributed by atoms with Crippen LogP contribution in [-0.4, -0.2) is 30.3 Å². The highest BCUT2D eigenvalue weighted by Gasteiger charge is 2.19.